The average molecular weight is 2120 g/mol. The van der Waals surface area contributed by atoms with E-state index in [1.807, 2.05) is 82.2 Å². The summed E-state index contributed by atoms with van der Waals surface area (Å²) in [7, 11) is 7.76. The Hall–Kier alpha value is -15.0. The zero-order valence-electron chi connectivity index (χ0n) is 81.6. The lowest BCUT2D eigenvalue weighted by Gasteiger charge is -2.32. The van der Waals surface area contributed by atoms with Crippen molar-refractivity contribution in [2.45, 2.75) is 142 Å². The number of hydrogen-bond acceptors (Lipinski definition) is 35. The van der Waals surface area contributed by atoms with Gasteiger partial charge in [0, 0.05) is 106 Å². The monoisotopic (exact) mass is 2120 g/mol. The van der Waals surface area contributed by atoms with Crippen molar-refractivity contribution in [3.05, 3.63) is 210 Å². The van der Waals surface area contributed by atoms with Crippen LogP contribution in [-0.4, -0.2) is 227 Å². The minimum absolute atomic E-state index is 0.0337. The summed E-state index contributed by atoms with van der Waals surface area (Å²) in [6, 6.07) is 39.2. The number of benzene rings is 5. The molecule has 0 atom stereocenters. The molecule has 0 amide bonds. The number of furan rings is 1. The zero-order valence-corrected chi connectivity index (χ0v) is 86.5. The smallest absolute Gasteiger partial charge is 0.365 e. The van der Waals surface area contributed by atoms with Gasteiger partial charge in [0.2, 0.25) is 15.0 Å². The van der Waals surface area contributed by atoms with Crippen LogP contribution in [-0.2, 0) is 4.74 Å². The van der Waals surface area contributed by atoms with Gasteiger partial charge in [-0.1, -0.05) is 98.2 Å². The minimum atomic E-state index is -1.12. The number of aromatic carboxylic acids is 6. The van der Waals surface area contributed by atoms with Gasteiger partial charge < -0.3 is 69.2 Å². The van der Waals surface area contributed by atoms with Crippen LogP contribution in [0.3, 0.4) is 0 Å². The number of aromatic nitrogens is 15. The van der Waals surface area contributed by atoms with Gasteiger partial charge in [-0.3, -0.25) is 0 Å². The van der Waals surface area contributed by atoms with E-state index in [4.69, 9.17) is 34.3 Å². The Morgan fingerprint density at radius 2 is 0.797 bits per heavy atom. The van der Waals surface area contributed by atoms with Gasteiger partial charge in [-0.15, -0.1) is 34.0 Å². The molecule has 45 heteroatoms. The lowest BCUT2D eigenvalue weighted by Crippen LogP contribution is -2.37. The van der Waals surface area contributed by atoms with Crippen LogP contribution in [0.5, 0.6) is 0 Å². The molecule has 35 nitrogen and oxygen atoms in total. The van der Waals surface area contributed by atoms with Gasteiger partial charge in [0.15, 0.2) is 72.1 Å². The number of halogens is 4. The number of carbonyl (C=O) groups is 6. The van der Waals surface area contributed by atoms with E-state index in [0.29, 0.717) is 161 Å². The van der Waals surface area contributed by atoms with E-state index >= 15 is 0 Å². The van der Waals surface area contributed by atoms with E-state index in [-0.39, 0.29) is 65.7 Å². The van der Waals surface area contributed by atoms with Crippen molar-refractivity contribution in [3.63, 3.8) is 0 Å². The zero-order chi connectivity index (χ0) is 105. The predicted molar refractivity (Wildman–Crippen MR) is 568 cm³/mol. The topological polar surface area (TPSA) is 459 Å². The third-order valence-corrected chi connectivity index (χ3v) is 31.0. The van der Waals surface area contributed by atoms with Crippen LogP contribution in [0.1, 0.15) is 194 Å². The number of carboxylic acids is 6. The molecule has 4 aliphatic rings. The maximum Gasteiger partial charge on any atom is 0.365 e. The van der Waals surface area contributed by atoms with Crippen LogP contribution in [0.4, 0.5) is 58.2 Å². The first-order chi connectivity index (χ1) is 71.0. The Bertz CT molecular complexity index is 7930. The number of ether oxygens (including phenoxy) is 1. The second-order valence-electron chi connectivity index (χ2n) is 36.1. The van der Waals surface area contributed by atoms with Crippen LogP contribution in [0.15, 0.2) is 150 Å². The van der Waals surface area contributed by atoms with Crippen molar-refractivity contribution >= 4 is 218 Å². The largest absolute Gasteiger partial charge is 0.477 e. The molecule has 2 saturated carbocycles. The molecular formula is C103H99F4N21O14S6. The highest BCUT2D eigenvalue weighted by Gasteiger charge is 2.33. The van der Waals surface area contributed by atoms with Gasteiger partial charge in [-0.2, -0.15) is 0 Å². The molecule has 5 aromatic carbocycles. The van der Waals surface area contributed by atoms with E-state index in [0.717, 1.165) is 150 Å². The van der Waals surface area contributed by atoms with E-state index in [2.05, 4.69) is 107 Å². The number of nitrogens with zero attached hydrogens (tertiary/aromatic N) is 21. The van der Waals surface area contributed by atoms with Gasteiger partial charge >= 0.3 is 35.8 Å². The Morgan fingerprint density at radius 1 is 0.378 bits per heavy atom. The van der Waals surface area contributed by atoms with Gasteiger partial charge in [0.1, 0.15) is 97.3 Å². The number of carboxylic acid groups (broad SMARTS) is 6. The van der Waals surface area contributed by atoms with Gasteiger partial charge in [-0.25, -0.2) is 121 Å². The van der Waals surface area contributed by atoms with Crippen molar-refractivity contribution in [1.82, 2.24) is 74.8 Å². The number of anilines is 7. The first-order valence-electron chi connectivity index (χ1n) is 47.5. The molecule has 2 saturated heterocycles. The number of morpholine rings is 1. The molecule has 0 bridgehead atoms. The van der Waals surface area contributed by atoms with Gasteiger partial charge in [0.25, 0.3) is 0 Å². The van der Waals surface area contributed by atoms with Crippen molar-refractivity contribution in [1.29, 1.82) is 0 Å². The normalized spacial score (nSPS) is 13.8. The molecule has 22 rings (SSSR count). The number of hydrogen-bond donors (Lipinski definition) is 6. The highest BCUT2D eigenvalue weighted by atomic mass is 32.1. The minimum Gasteiger partial charge on any atom is -0.477 e. The average Bonchev–Trinajstić information content (AvgIpc) is 1.57. The van der Waals surface area contributed by atoms with Crippen LogP contribution in [0.25, 0.3) is 119 Å². The first-order valence-corrected chi connectivity index (χ1v) is 52.4. The summed E-state index contributed by atoms with van der Waals surface area (Å²) < 4.78 is 64.7. The quantitative estimate of drug-likeness (QED) is 0.0343. The highest BCUT2D eigenvalue weighted by Crippen LogP contribution is 2.44. The molecule has 0 radical (unpaired) electrons. The molecule has 0 spiro atoms. The fourth-order valence-electron chi connectivity index (χ4n) is 17.0. The van der Waals surface area contributed by atoms with Crippen LogP contribution < -0.4 is 29.4 Å². The molecular weight excluding hydrogens is 2020 g/mol. The molecule has 148 heavy (non-hydrogen) atoms. The second kappa shape index (κ2) is 45.5. The number of para-hydroxylation sites is 1. The fourth-order valence-corrected chi connectivity index (χ4v) is 21.6. The standard InChI is InChI=1S/C19H19FN4O2S.C19H13FN4O2S.C19H16FN3O3S.C16H13FN4O2S.C16H21N3O2S.C14H17N3O3S/c2*1-24(13-5-3-2-4-6-13)16-14(11-7-9-12(20)10-8-11)21-15-17(23-16)27-18(22-15)19(25)26;1-9(2)23(3)17-16(14-7-10-6-11(20)4-5-13(10)26-14)21-12-8-15(19(24)25)27-18(12)22-17;17-10-5-3-9(4-6-10)11-13(21-7-1-2-8-21)20-14-12(18-11)19-15(24-14)16(22)23;1-9(2)19(3)14-13(10-6-4-5-7-10)17-11-8-12(16(20)21)22-15(11)18-14;1-8(2)11-12(17-3-5-20-6-4-17)16-13-9(15-11)7-10(21-13)14(18)19/h7-10,13H,2-6H2,1H3,(H,25,26);2-10H,1H3,(H,25,26);4-9H,1-3H3,(H,24,25);3-6H,1-2,7-8H2,(H,22,23);8-10H,4-7H2,1-3H3,(H,20,21);7-8H,3-6H2,1-2H3,(H,18,19). The lowest BCUT2D eigenvalue weighted by molar-refractivity contribution is 0.0686. The van der Waals surface area contributed by atoms with E-state index in [9.17, 15) is 66.8 Å². The summed E-state index contributed by atoms with van der Waals surface area (Å²) in [4.78, 5) is 152. The molecule has 18 aromatic rings. The van der Waals surface area contributed by atoms with Crippen molar-refractivity contribution < 1.29 is 86.1 Å². The van der Waals surface area contributed by atoms with E-state index < -0.39 is 35.8 Å². The van der Waals surface area contributed by atoms with Crippen molar-refractivity contribution in [3.8, 4) is 45.2 Å². The third-order valence-electron chi connectivity index (χ3n) is 25.2. The van der Waals surface area contributed by atoms with Crippen molar-refractivity contribution in [2.24, 2.45) is 0 Å². The highest BCUT2D eigenvalue weighted by molar-refractivity contribution is 7.22. The Labute approximate surface area is 867 Å². The summed E-state index contributed by atoms with van der Waals surface area (Å²) in [5.41, 5.74) is 10.4. The number of fused-ring (bicyclic) bond motifs is 7. The summed E-state index contributed by atoms with van der Waals surface area (Å²) in [6.45, 7) is 17.1. The molecule has 2 aliphatic carbocycles. The van der Waals surface area contributed by atoms with Crippen molar-refractivity contribution in [2.75, 3.05) is 97.0 Å². The summed E-state index contributed by atoms with van der Waals surface area (Å²) in [5.74, 6) is -2.12. The summed E-state index contributed by atoms with van der Waals surface area (Å²) >= 11 is 6.45. The van der Waals surface area contributed by atoms with E-state index in [1.165, 1.54) is 109 Å². The molecule has 15 heterocycles. The third kappa shape index (κ3) is 23.6. The molecule has 2 aliphatic heterocycles. The first kappa shape index (κ1) is 104. The Morgan fingerprint density at radius 3 is 1.29 bits per heavy atom. The Balaban J connectivity index is 0.000000121. The lowest BCUT2D eigenvalue weighted by atomic mass is 9.94. The van der Waals surface area contributed by atoms with Crippen LogP contribution in [0.2, 0.25) is 0 Å². The maximum absolute atomic E-state index is 13.5. The number of thiophene rings is 3. The summed E-state index contributed by atoms with van der Waals surface area (Å²) in [5, 5.41) is 55.6. The number of rotatable bonds is 22. The summed E-state index contributed by atoms with van der Waals surface area (Å²) in [6.07, 6.45) is 12.7. The van der Waals surface area contributed by atoms with Gasteiger partial charge in [0.05, 0.1) is 24.6 Å². The molecule has 4 fully saturated rings. The van der Waals surface area contributed by atoms with Gasteiger partial charge in [-0.05, 0) is 200 Å². The molecule has 764 valence electrons. The second-order valence-corrected chi connectivity index (χ2v) is 42.1. The Kier molecular flexibility index (Phi) is 32.1. The maximum atomic E-state index is 13.5. The SMILES string of the molecule is CC(C)N(C)c1nc2sc(C(=O)O)cc2nc1-c1cc2cc(F)ccc2o1.CC(C)N(C)c1nc2sc(C(=O)O)cc2nc1C1CCCC1.CC(C)c1nc2cc(C(=O)O)sc2nc1N1CCOCC1.CN(c1ccccc1)c1nc2sc(C(=O)O)nc2nc1-c1ccc(F)cc1.CN(c1nc2sc(C(=O)O)nc2nc1-c1ccc(F)cc1)C1CCCCC1.O=C(O)c1nc2nc(-c3ccc(F)cc3)c(N3CCCC3)nc2s1. The predicted octanol–water partition coefficient (Wildman–Crippen LogP) is 22.9. The number of thiazole rings is 3. The molecule has 6 N–H and O–H groups in total. The van der Waals surface area contributed by atoms with Crippen LogP contribution >= 0.6 is 68.0 Å². The molecule has 0 unspecified atom stereocenters. The molecule has 13 aromatic heterocycles. The van der Waals surface area contributed by atoms with Crippen LogP contribution in [0, 0.1) is 23.3 Å². The fraction of sp³-hybridized carbons (Fsp3) is 0.311. The van der Waals surface area contributed by atoms with E-state index in [1.54, 1.807) is 60.7 Å².